The minimum atomic E-state index is -0.941. The van der Waals surface area contributed by atoms with E-state index in [4.69, 9.17) is 37.4 Å². The van der Waals surface area contributed by atoms with Crippen molar-refractivity contribution in [2.75, 3.05) is 7.11 Å². The molecule has 0 radical (unpaired) electrons. The van der Waals surface area contributed by atoms with Gasteiger partial charge in [-0.2, -0.15) is 5.10 Å². The van der Waals surface area contributed by atoms with Crippen molar-refractivity contribution >= 4 is 41.2 Å². The standard InChI is InChI=1S/C33H31Cl2N3O5/c1-22(43-29-16-14-26(34)19-27(29)35)32(39)37-28(17-23-9-5-3-6-10-23)33(40)38-36-20-25-13-15-30(31(18-25)41-2)42-21-24-11-7-4-8-12-24/h3-16,18-20,22,28H,17,21H2,1-2H3,(H,37,39)(H,38,40)/b36-20-/t22-,28+/m0/s1. The Labute approximate surface area is 260 Å². The summed E-state index contributed by atoms with van der Waals surface area (Å²) in [5.74, 6) is 0.403. The van der Waals surface area contributed by atoms with Crippen molar-refractivity contribution in [1.29, 1.82) is 0 Å². The number of hydrogen-bond donors (Lipinski definition) is 2. The van der Waals surface area contributed by atoms with Crippen molar-refractivity contribution in [2.45, 2.75) is 32.1 Å². The number of rotatable bonds is 13. The normalized spacial score (nSPS) is 12.3. The van der Waals surface area contributed by atoms with E-state index in [0.717, 1.165) is 11.1 Å². The molecule has 0 unspecified atom stereocenters. The Balaban J connectivity index is 1.40. The molecule has 0 saturated heterocycles. The molecule has 2 amide bonds. The average molecular weight is 621 g/mol. The van der Waals surface area contributed by atoms with Crippen LogP contribution in [0.3, 0.4) is 0 Å². The van der Waals surface area contributed by atoms with E-state index in [2.05, 4.69) is 15.8 Å². The second-order valence-corrected chi connectivity index (χ2v) is 10.3. The monoisotopic (exact) mass is 619 g/mol. The fourth-order valence-corrected chi connectivity index (χ4v) is 4.48. The molecule has 43 heavy (non-hydrogen) atoms. The van der Waals surface area contributed by atoms with Crippen LogP contribution in [0.25, 0.3) is 0 Å². The summed E-state index contributed by atoms with van der Waals surface area (Å²) in [6.07, 6.45) is 0.782. The number of carbonyl (C=O) groups excluding carboxylic acids is 2. The van der Waals surface area contributed by atoms with Gasteiger partial charge in [-0.1, -0.05) is 83.9 Å². The predicted octanol–water partition coefficient (Wildman–Crippen LogP) is 6.23. The highest BCUT2D eigenvalue weighted by atomic mass is 35.5. The molecular weight excluding hydrogens is 589 g/mol. The highest BCUT2D eigenvalue weighted by molar-refractivity contribution is 6.35. The van der Waals surface area contributed by atoms with Gasteiger partial charge in [-0.25, -0.2) is 5.43 Å². The van der Waals surface area contributed by atoms with Crippen LogP contribution in [0.1, 0.15) is 23.6 Å². The van der Waals surface area contributed by atoms with Crippen molar-refractivity contribution < 1.29 is 23.8 Å². The molecule has 2 N–H and O–H groups in total. The SMILES string of the molecule is COc1cc(/C=N\NC(=O)[C@@H](Cc2ccccc2)NC(=O)[C@H](C)Oc2ccc(Cl)cc2Cl)ccc1OCc1ccccc1. The number of hydrogen-bond acceptors (Lipinski definition) is 6. The molecule has 0 aliphatic carbocycles. The molecule has 4 aromatic carbocycles. The third-order valence-electron chi connectivity index (χ3n) is 6.30. The highest BCUT2D eigenvalue weighted by Gasteiger charge is 2.25. The van der Waals surface area contributed by atoms with E-state index in [-0.39, 0.29) is 11.4 Å². The number of benzene rings is 4. The summed E-state index contributed by atoms with van der Waals surface area (Å²) >= 11 is 12.1. The molecule has 0 spiro atoms. The number of nitrogens with zero attached hydrogens (tertiary/aromatic N) is 1. The van der Waals surface area contributed by atoms with Gasteiger partial charge in [0, 0.05) is 11.4 Å². The maximum atomic E-state index is 13.2. The number of amides is 2. The first-order valence-corrected chi connectivity index (χ1v) is 14.2. The van der Waals surface area contributed by atoms with Crippen LogP contribution in [0, 0.1) is 0 Å². The average Bonchev–Trinajstić information content (AvgIpc) is 3.02. The molecule has 222 valence electrons. The molecule has 0 aromatic heterocycles. The number of nitrogens with one attached hydrogen (secondary N) is 2. The fourth-order valence-electron chi connectivity index (χ4n) is 4.03. The molecular formula is C33H31Cl2N3O5. The van der Waals surface area contributed by atoms with Gasteiger partial charge in [-0.15, -0.1) is 0 Å². The fraction of sp³-hybridized carbons (Fsp3) is 0.182. The molecule has 0 saturated carbocycles. The topological polar surface area (TPSA) is 98.2 Å². The Hall–Kier alpha value is -4.53. The number of ether oxygens (including phenoxy) is 3. The van der Waals surface area contributed by atoms with Crippen LogP contribution in [0.15, 0.2) is 102 Å². The lowest BCUT2D eigenvalue weighted by molar-refractivity contribution is -0.132. The van der Waals surface area contributed by atoms with Crippen molar-refractivity contribution in [3.63, 3.8) is 0 Å². The number of hydrazone groups is 1. The van der Waals surface area contributed by atoms with Gasteiger partial charge in [0.25, 0.3) is 11.8 Å². The quantitative estimate of drug-likeness (QED) is 0.137. The second-order valence-electron chi connectivity index (χ2n) is 9.50. The molecule has 0 bridgehead atoms. The van der Waals surface area contributed by atoms with Crippen LogP contribution >= 0.6 is 23.2 Å². The minimum Gasteiger partial charge on any atom is -0.493 e. The molecule has 0 aliphatic heterocycles. The largest absolute Gasteiger partial charge is 0.493 e. The maximum Gasteiger partial charge on any atom is 0.262 e. The van der Waals surface area contributed by atoms with Gasteiger partial charge in [0.1, 0.15) is 18.4 Å². The highest BCUT2D eigenvalue weighted by Crippen LogP contribution is 2.29. The molecule has 4 aromatic rings. The van der Waals surface area contributed by atoms with Crippen molar-refractivity contribution in [3.8, 4) is 17.2 Å². The molecule has 0 fully saturated rings. The molecule has 0 heterocycles. The zero-order valence-corrected chi connectivity index (χ0v) is 25.1. The van der Waals surface area contributed by atoms with Gasteiger partial charge in [0.2, 0.25) is 0 Å². The van der Waals surface area contributed by atoms with Crippen LogP contribution in [0.4, 0.5) is 0 Å². The van der Waals surface area contributed by atoms with Crippen molar-refractivity contribution in [3.05, 3.63) is 124 Å². The summed E-state index contributed by atoms with van der Waals surface area (Å²) in [5.41, 5.74) is 5.09. The van der Waals surface area contributed by atoms with Crippen LogP contribution < -0.4 is 25.0 Å². The lowest BCUT2D eigenvalue weighted by Crippen LogP contribution is -2.50. The third-order valence-corrected chi connectivity index (χ3v) is 6.83. The maximum absolute atomic E-state index is 13.2. The zero-order valence-electron chi connectivity index (χ0n) is 23.6. The van der Waals surface area contributed by atoms with Gasteiger partial charge in [0.05, 0.1) is 18.3 Å². The Morgan fingerprint density at radius 1 is 0.837 bits per heavy atom. The molecule has 4 rings (SSSR count). The van der Waals surface area contributed by atoms with Crippen LogP contribution in [0.2, 0.25) is 10.0 Å². The smallest absolute Gasteiger partial charge is 0.262 e. The summed E-state index contributed by atoms with van der Waals surface area (Å²) in [7, 11) is 1.55. The van der Waals surface area contributed by atoms with Crippen LogP contribution in [-0.2, 0) is 22.6 Å². The summed E-state index contributed by atoms with van der Waals surface area (Å²) in [6.45, 7) is 1.96. The second kappa shape index (κ2) is 15.6. The van der Waals surface area contributed by atoms with Gasteiger partial charge in [-0.3, -0.25) is 9.59 Å². The Morgan fingerprint density at radius 3 is 2.19 bits per heavy atom. The Kier molecular flexibility index (Phi) is 11.4. The summed E-state index contributed by atoms with van der Waals surface area (Å²) in [5, 5.41) is 7.59. The molecule has 2 atom stereocenters. The molecule has 10 heteroatoms. The van der Waals surface area contributed by atoms with E-state index in [1.54, 1.807) is 44.4 Å². The summed E-state index contributed by atoms with van der Waals surface area (Å²) in [6, 6.07) is 28.2. The molecule has 8 nitrogen and oxygen atoms in total. The molecule has 0 aliphatic rings. The van der Waals surface area contributed by atoms with E-state index >= 15 is 0 Å². The lowest BCUT2D eigenvalue weighted by Gasteiger charge is -2.21. The Morgan fingerprint density at radius 2 is 1.51 bits per heavy atom. The van der Waals surface area contributed by atoms with E-state index in [0.29, 0.717) is 34.4 Å². The van der Waals surface area contributed by atoms with E-state index in [9.17, 15) is 9.59 Å². The first-order valence-electron chi connectivity index (χ1n) is 13.5. The van der Waals surface area contributed by atoms with Gasteiger partial charge in [0.15, 0.2) is 17.6 Å². The van der Waals surface area contributed by atoms with E-state index in [1.807, 2.05) is 60.7 Å². The summed E-state index contributed by atoms with van der Waals surface area (Å²) in [4.78, 5) is 26.2. The van der Waals surface area contributed by atoms with Gasteiger partial charge in [-0.05, 0) is 60.0 Å². The number of halogens is 2. The van der Waals surface area contributed by atoms with Crippen molar-refractivity contribution in [2.24, 2.45) is 5.10 Å². The van der Waals surface area contributed by atoms with E-state index in [1.165, 1.54) is 12.3 Å². The Bertz CT molecular complexity index is 1550. The van der Waals surface area contributed by atoms with Crippen molar-refractivity contribution in [1.82, 2.24) is 10.7 Å². The third kappa shape index (κ3) is 9.49. The number of carbonyl (C=O) groups is 2. The zero-order chi connectivity index (χ0) is 30.6. The van der Waals surface area contributed by atoms with Gasteiger partial charge >= 0.3 is 0 Å². The predicted molar refractivity (Wildman–Crippen MR) is 168 cm³/mol. The van der Waals surface area contributed by atoms with Crippen LogP contribution in [-0.4, -0.2) is 37.3 Å². The lowest BCUT2D eigenvalue weighted by atomic mass is 10.1. The van der Waals surface area contributed by atoms with Gasteiger partial charge < -0.3 is 19.5 Å². The van der Waals surface area contributed by atoms with Crippen LogP contribution in [0.5, 0.6) is 17.2 Å². The number of methoxy groups -OCH3 is 1. The first-order chi connectivity index (χ1) is 20.8. The summed E-state index contributed by atoms with van der Waals surface area (Å²) < 4.78 is 17.1. The van der Waals surface area contributed by atoms with E-state index < -0.39 is 24.0 Å². The minimum absolute atomic E-state index is 0.240. The first kappa shape index (κ1) is 31.4.